The molecule has 96 valence electrons. The minimum atomic E-state index is 0.264. The van der Waals surface area contributed by atoms with E-state index in [1.165, 1.54) is 0 Å². The number of H-pyrrole nitrogens is 1. The Morgan fingerprint density at radius 1 is 1.28 bits per heavy atom. The van der Waals surface area contributed by atoms with Gasteiger partial charge in [-0.15, -0.1) is 0 Å². The van der Waals surface area contributed by atoms with Gasteiger partial charge in [0, 0.05) is 26.2 Å². The predicted octanol–water partition coefficient (Wildman–Crippen LogP) is 1.15. The Balaban J connectivity index is 1.92. The number of hydrogen-bond acceptors (Lipinski definition) is 5. The maximum Gasteiger partial charge on any atom is 0.226 e. The summed E-state index contributed by atoms with van der Waals surface area (Å²) < 4.78 is 0. The molecule has 1 saturated heterocycles. The largest absolute Gasteiger partial charge is 0.353 e. The minimum absolute atomic E-state index is 0.264. The molecule has 18 heavy (non-hydrogen) atoms. The Morgan fingerprint density at radius 2 is 2.06 bits per heavy atom. The van der Waals surface area contributed by atoms with Crippen LogP contribution in [0.1, 0.15) is 6.92 Å². The molecule has 0 saturated carbocycles. The first-order valence-electron chi connectivity index (χ1n) is 6.12. The Kier molecular flexibility index (Phi) is 3.05. The molecule has 0 spiro atoms. The molecule has 1 fully saturated rings. The number of fused-ring (bicyclic) bond motifs is 1. The minimum Gasteiger partial charge on any atom is -0.353 e. The predicted molar refractivity (Wildman–Crippen MR) is 71.0 cm³/mol. The van der Waals surface area contributed by atoms with E-state index in [2.05, 4.69) is 36.9 Å². The molecule has 3 rings (SSSR count). The van der Waals surface area contributed by atoms with Crippen LogP contribution < -0.4 is 4.90 Å². The number of rotatable bonds is 2. The van der Waals surface area contributed by atoms with Crippen LogP contribution in [0.5, 0.6) is 0 Å². The number of aromatic nitrogens is 4. The zero-order chi connectivity index (χ0) is 12.5. The highest BCUT2D eigenvalue weighted by Crippen LogP contribution is 2.24. The lowest BCUT2D eigenvalue weighted by Crippen LogP contribution is -2.46. The zero-order valence-electron chi connectivity index (χ0n) is 10.2. The standard InChI is InChI=1S/C11H15ClN6/c1-2-17-3-5-18(6-4-17)10-8-7-13-16-9(8)14-11(12)15-10/h7H,2-6H2,1H3,(H,13,14,15,16). The molecule has 2 aromatic heterocycles. The molecule has 6 nitrogen and oxygen atoms in total. The fourth-order valence-electron chi connectivity index (χ4n) is 2.31. The van der Waals surface area contributed by atoms with E-state index < -0.39 is 0 Å². The summed E-state index contributed by atoms with van der Waals surface area (Å²) in [7, 11) is 0. The normalized spacial score (nSPS) is 17.6. The molecule has 0 aliphatic carbocycles. The lowest BCUT2D eigenvalue weighted by molar-refractivity contribution is 0.271. The lowest BCUT2D eigenvalue weighted by atomic mass is 10.3. The summed E-state index contributed by atoms with van der Waals surface area (Å²) in [5, 5.41) is 8.04. The average molecular weight is 267 g/mol. The van der Waals surface area contributed by atoms with E-state index in [9.17, 15) is 0 Å². The van der Waals surface area contributed by atoms with Crippen LogP contribution in [0.3, 0.4) is 0 Å². The molecular formula is C11H15ClN6. The lowest BCUT2D eigenvalue weighted by Gasteiger charge is -2.34. The van der Waals surface area contributed by atoms with Crippen LogP contribution in [0, 0.1) is 0 Å². The summed E-state index contributed by atoms with van der Waals surface area (Å²) >= 11 is 5.95. The summed E-state index contributed by atoms with van der Waals surface area (Å²) in [6.07, 6.45) is 1.76. The van der Waals surface area contributed by atoms with Gasteiger partial charge in [0.25, 0.3) is 0 Å². The number of nitrogens with one attached hydrogen (secondary N) is 1. The van der Waals surface area contributed by atoms with Crippen molar-refractivity contribution < 1.29 is 0 Å². The van der Waals surface area contributed by atoms with E-state index in [4.69, 9.17) is 11.6 Å². The molecule has 0 bridgehead atoms. The topological polar surface area (TPSA) is 60.9 Å². The maximum atomic E-state index is 5.95. The van der Waals surface area contributed by atoms with Crippen LogP contribution in [0.4, 0.5) is 5.82 Å². The summed E-state index contributed by atoms with van der Waals surface area (Å²) in [6, 6.07) is 0. The van der Waals surface area contributed by atoms with E-state index >= 15 is 0 Å². The fourth-order valence-corrected chi connectivity index (χ4v) is 2.47. The molecule has 2 aromatic rings. The van der Waals surface area contributed by atoms with Gasteiger partial charge in [0.2, 0.25) is 5.28 Å². The molecule has 1 aliphatic rings. The zero-order valence-corrected chi connectivity index (χ0v) is 11.0. The molecular weight excluding hydrogens is 252 g/mol. The van der Waals surface area contributed by atoms with Gasteiger partial charge < -0.3 is 9.80 Å². The van der Waals surface area contributed by atoms with Gasteiger partial charge in [0.15, 0.2) is 5.65 Å². The highest BCUT2D eigenvalue weighted by molar-refractivity contribution is 6.28. The molecule has 0 radical (unpaired) electrons. The van der Waals surface area contributed by atoms with Gasteiger partial charge in [-0.05, 0) is 18.1 Å². The van der Waals surface area contributed by atoms with Crippen LogP contribution in [0.25, 0.3) is 11.0 Å². The SMILES string of the molecule is CCN1CCN(c2nc(Cl)nc3[nH]ncc23)CC1. The number of hydrogen-bond donors (Lipinski definition) is 1. The Labute approximate surface area is 110 Å². The van der Waals surface area contributed by atoms with Gasteiger partial charge in [0.05, 0.1) is 11.6 Å². The summed E-state index contributed by atoms with van der Waals surface area (Å²) in [6.45, 7) is 7.31. The van der Waals surface area contributed by atoms with Crippen molar-refractivity contribution in [1.29, 1.82) is 0 Å². The van der Waals surface area contributed by atoms with Gasteiger partial charge in [0.1, 0.15) is 5.82 Å². The van der Waals surface area contributed by atoms with E-state index in [1.807, 2.05) is 0 Å². The molecule has 0 amide bonds. The highest BCUT2D eigenvalue weighted by atomic mass is 35.5. The third-order valence-corrected chi connectivity index (χ3v) is 3.55. The van der Waals surface area contributed by atoms with Crippen molar-refractivity contribution in [3.05, 3.63) is 11.5 Å². The Hall–Kier alpha value is -1.40. The second kappa shape index (κ2) is 4.70. The van der Waals surface area contributed by atoms with Crippen molar-refractivity contribution in [2.45, 2.75) is 6.92 Å². The van der Waals surface area contributed by atoms with Crippen molar-refractivity contribution in [3.8, 4) is 0 Å². The molecule has 3 heterocycles. The van der Waals surface area contributed by atoms with Crippen molar-refractivity contribution >= 4 is 28.5 Å². The molecule has 1 N–H and O–H groups in total. The van der Waals surface area contributed by atoms with Crippen LogP contribution >= 0.6 is 11.6 Å². The van der Waals surface area contributed by atoms with Crippen LogP contribution in [0.2, 0.25) is 5.28 Å². The van der Waals surface area contributed by atoms with Crippen LogP contribution in [-0.2, 0) is 0 Å². The highest BCUT2D eigenvalue weighted by Gasteiger charge is 2.20. The van der Waals surface area contributed by atoms with Gasteiger partial charge in [-0.2, -0.15) is 15.1 Å². The third-order valence-electron chi connectivity index (χ3n) is 3.38. The smallest absolute Gasteiger partial charge is 0.226 e. The Morgan fingerprint density at radius 3 is 2.78 bits per heavy atom. The van der Waals surface area contributed by atoms with Crippen molar-refractivity contribution in [2.24, 2.45) is 0 Å². The van der Waals surface area contributed by atoms with E-state index in [0.717, 1.165) is 43.9 Å². The summed E-state index contributed by atoms with van der Waals surface area (Å²) in [5.41, 5.74) is 0.697. The quantitative estimate of drug-likeness (QED) is 0.827. The molecule has 0 unspecified atom stereocenters. The van der Waals surface area contributed by atoms with E-state index in [-0.39, 0.29) is 5.28 Å². The van der Waals surface area contributed by atoms with Gasteiger partial charge in [-0.1, -0.05) is 6.92 Å². The third kappa shape index (κ3) is 2.02. The second-order valence-electron chi connectivity index (χ2n) is 4.37. The first kappa shape index (κ1) is 11.7. The fraction of sp³-hybridized carbons (Fsp3) is 0.545. The summed E-state index contributed by atoms with van der Waals surface area (Å²) in [4.78, 5) is 13.1. The van der Waals surface area contributed by atoms with Gasteiger partial charge in [-0.3, -0.25) is 5.10 Å². The number of nitrogens with zero attached hydrogens (tertiary/aromatic N) is 5. The molecule has 1 aliphatic heterocycles. The average Bonchev–Trinajstić information content (AvgIpc) is 2.86. The molecule has 7 heteroatoms. The first-order valence-corrected chi connectivity index (χ1v) is 6.49. The van der Waals surface area contributed by atoms with Gasteiger partial charge in [-0.25, -0.2) is 0 Å². The van der Waals surface area contributed by atoms with Crippen molar-refractivity contribution in [3.63, 3.8) is 0 Å². The Bertz CT molecular complexity index is 545. The maximum absolute atomic E-state index is 5.95. The van der Waals surface area contributed by atoms with Crippen LogP contribution in [-0.4, -0.2) is 57.8 Å². The van der Waals surface area contributed by atoms with Crippen molar-refractivity contribution in [2.75, 3.05) is 37.6 Å². The summed E-state index contributed by atoms with van der Waals surface area (Å²) in [5.74, 6) is 0.884. The monoisotopic (exact) mass is 266 g/mol. The number of likely N-dealkylation sites (N-methyl/N-ethyl adjacent to an activating group) is 1. The van der Waals surface area contributed by atoms with E-state index in [0.29, 0.717) is 5.65 Å². The number of anilines is 1. The van der Waals surface area contributed by atoms with Gasteiger partial charge >= 0.3 is 0 Å². The number of halogens is 1. The first-order chi connectivity index (χ1) is 8.78. The number of aromatic amines is 1. The second-order valence-corrected chi connectivity index (χ2v) is 4.71. The van der Waals surface area contributed by atoms with Crippen LogP contribution in [0.15, 0.2) is 6.20 Å². The van der Waals surface area contributed by atoms with Crippen molar-refractivity contribution in [1.82, 2.24) is 25.1 Å². The van der Waals surface area contributed by atoms with E-state index in [1.54, 1.807) is 6.20 Å². The number of piperazine rings is 1. The molecule has 0 atom stereocenters. The molecule has 0 aromatic carbocycles.